The third-order valence-corrected chi connectivity index (χ3v) is 3.90. The van der Waals surface area contributed by atoms with Crippen LogP contribution in [0.1, 0.15) is 36.0 Å². The van der Waals surface area contributed by atoms with Crippen LogP contribution in [0.4, 0.5) is 0 Å². The first-order chi connectivity index (χ1) is 12.3. The summed E-state index contributed by atoms with van der Waals surface area (Å²) < 4.78 is 11.2. The summed E-state index contributed by atoms with van der Waals surface area (Å²) in [6.07, 6.45) is 8.64. The van der Waals surface area contributed by atoms with Gasteiger partial charge >= 0.3 is 0 Å². The molecule has 0 unspecified atom stereocenters. The van der Waals surface area contributed by atoms with E-state index < -0.39 is 0 Å². The molecule has 0 heterocycles. The molecule has 0 bridgehead atoms. The quantitative estimate of drug-likeness (QED) is 0.487. The first-order valence-electron chi connectivity index (χ1n) is 8.59. The van der Waals surface area contributed by atoms with Crippen LogP contribution in [0.5, 0.6) is 11.5 Å². The van der Waals surface area contributed by atoms with E-state index in [0.717, 1.165) is 47.5 Å². The van der Waals surface area contributed by atoms with Crippen molar-refractivity contribution in [3.63, 3.8) is 0 Å². The summed E-state index contributed by atoms with van der Waals surface area (Å²) in [6, 6.07) is 14.0. The van der Waals surface area contributed by atoms with Crippen LogP contribution in [0, 0.1) is 0 Å². The summed E-state index contributed by atoms with van der Waals surface area (Å²) in [7, 11) is 1.67. The second-order valence-corrected chi connectivity index (χ2v) is 5.74. The van der Waals surface area contributed by atoms with E-state index in [4.69, 9.17) is 14.6 Å². The Bertz CT molecular complexity index is 687. The van der Waals surface area contributed by atoms with E-state index in [9.17, 15) is 0 Å². The van der Waals surface area contributed by atoms with Crippen LogP contribution in [-0.2, 0) is 0 Å². The number of hydrogen-bond donors (Lipinski definition) is 1. The zero-order valence-corrected chi connectivity index (χ0v) is 14.8. The summed E-state index contributed by atoms with van der Waals surface area (Å²) in [5, 5.41) is 8.79. The van der Waals surface area contributed by atoms with Crippen LogP contribution in [-0.4, -0.2) is 25.4 Å². The third kappa shape index (κ3) is 6.12. The number of methoxy groups -OCH3 is 1. The fourth-order valence-electron chi connectivity index (χ4n) is 2.44. The Kier molecular flexibility index (Phi) is 7.80. The summed E-state index contributed by atoms with van der Waals surface area (Å²) in [5.74, 6) is 1.64. The van der Waals surface area contributed by atoms with Gasteiger partial charge in [-0.1, -0.05) is 49.1 Å². The van der Waals surface area contributed by atoms with E-state index in [1.54, 1.807) is 7.11 Å². The van der Waals surface area contributed by atoms with Gasteiger partial charge in [0.15, 0.2) is 0 Å². The molecule has 0 aromatic heterocycles. The molecule has 2 aromatic rings. The first kappa shape index (κ1) is 18.8. The summed E-state index contributed by atoms with van der Waals surface area (Å²) in [4.78, 5) is 0. The molecule has 132 valence electrons. The SMILES string of the molecule is C=Cc1ccc(/C=C/c2cc(OCCCCCO)ccc2OC)cc1. The average Bonchev–Trinajstić information content (AvgIpc) is 2.66. The monoisotopic (exact) mass is 338 g/mol. The van der Waals surface area contributed by atoms with Crippen LogP contribution in [0.2, 0.25) is 0 Å². The van der Waals surface area contributed by atoms with Crippen molar-refractivity contribution in [1.82, 2.24) is 0 Å². The van der Waals surface area contributed by atoms with Gasteiger partial charge < -0.3 is 14.6 Å². The molecule has 1 N–H and O–H groups in total. The molecule has 0 spiro atoms. The summed E-state index contributed by atoms with van der Waals surface area (Å²) in [6.45, 7) is 4.66. The van der Waals surface area contributed by atoms with Gasteiger partial charge in [-0.3, -0.25) is 0 Å². The lowest BCUT2D eigenvalue weighted by Gasteiger charge is -2.10. The normalized spacial score (nSPS) is 10.8. The Labute approximate surface area is 150 Å². The lowest BCUT2D eigenvalue weighted by atomic mass is 10.1. The highest BCUT2D eigenvalue weighted by molar-refractivity contribution is 5.73. The zero-order valence-electron chi connectivity index (χ0n) is 14.8. The highest BCUT2D eigenvalue weighted by atomic mass is 16.5. The topological polar surface area (TPSA) is 38.7 Å². The second kappa shape index (κ2) is 10.4. The van der Waals surface area contributed by atoms with Crippen LogP contribution in [0.3, 0.4) is 0 Å². The van der Waals surface area contributed by atoms with Crippen LogP contribution in [0.15, 0.2) is 49.0 Å². The zero-order chi connectivity index (χ0) is 17.9. The Morgan fingerprint density at radius 3 is 2.40 bits per heavy atom. The maximum absolute atomic E-state index is 8.79. The van der Waals surface area contributed by atoms with E-state index >= 15 is 0 Å². The van der Waals surface area contributed by atoms with Gasteiger partial charge in [0.25, 0.3) is 0 Å². The molecule has 3 heteroatoms. The largest absolute Gasteiger partial charge is 0.496 e. The van der Waals surface area contributed by atoms with Gasteiger partial charge in [-0.05, 0) is 48.6 Å². The fraction of sp³-hybridized carbons (Fsp3) is 0.273. The number of aliphatic hydroxyl groups excluding tert-OH is 1. The summed E-state index contributed by atoms with van der Waals surface area (Å²) >= 11 is 0. The third-order valence-electron chi connectivity index (χ3n) is 3.90. The Balaban J connectivity index is 2.05. The van der Waals surface area contributed by atoms with Crippen molar-refractivity contribution >= 4 is 18.2 Å². The maximum Gasteiger partial charge on any atom is 0.126 e. The Morgan fingerprint density at radius 1 is 0.960 bits per heavy atom. The molecule has 0 aliphatic heterocycles. The number of ether oxygens (including phenoxy) is 2. The second-order valence-electron chi connectivity index (χ2n) is 5.74. The van der Waals surface area contributed by atoms with Gasteiger partial charge in [-0.15, -0.1) is 0 Å². The molecule has 0 radical (unpaired) electrons. The van der Waals surface area contributed by atoms with Crippen molar-refractivity contribution in [2.45, 2.75) is 19.3 Å². The van der Waals surface area contributed by atoms with Crippen molar-refractivity contribution in [2.75, 3.05) is 20.3 Å². The fourth-order valence-corrected chi connectivity index (χ4v) is 2.44. The molecule has 2 aromatic carbocycles. The molecule has 0 aliphatic carbocycles. The van der Waals surface area contributed by atoms with Crippen LogP contribution < -0.4 is 9.47 Å². The minimum absolute atomic E-state index is 0.241. The lowest BCUT2D eigenvalue weighted by molar-refractivity contribution is 0.266. The molecule has 0 atom stereocenters. The highest BCUT2D eigenvalue weighted by Gasteiger charge is 2.03. The van der Waals surface area contributed by atoms with Gasteiger partial charge in [0.05, 0.1) is 13.7 Å². The molecule has 0 saturated heterocycles. The van der Waals surface area contributed by atoms with Crippen LogP contribution >= 0.6 is 0 Å². The highest BCUT2D eigenvalue weighted by Crippen LogP contribution is 2.26. The predicted molar refractivity (Wildman–Crippen MR) is 105 cm³/mol. The van der Waals surface area contributed by atoms with Gasteiger partial charge in [0.1, 0.15) is 11.5 Å². The van der Waals surface area contributed by atoms with Crippen molar-refractivity contribution in [1.29, 1.82) is 0 Å². The van der Waals surface area contributed by atoms with Crippen LogP contribution in [0.25, 0.3) is 18.2 Å². The molecule has 3 nitrogen and oxygen atoms in total. The summed E-state index contributed by atoms with van der Waals surface area (Å²) in [5.41, 5.74) is 3.19. The Morgan fingerprint density at radius 2 is 1.72 bits per heavy atom. The van der Waals surface area contributed by atoms with Crippen molar-refractivity contribution in [2.24, 2.45) is 0 Å². The molecule has 0 aliphatic rings. The predicted octanol–water partition coefficient (Wildman–Crippen LogP) is 5.05. The van der Waals surface area contributed by atoms with Gasteiger partial charge in [-0.25, -0.2) is 0 Å². The Hall–Kier alpha value is -2.52. The molecule has 2 rings (SSSR count). The van der Waals surface area contributed by atoms with E-state index in [2.05, 4.69) is 24.8 Å². The smallest absolute Gasteiger partial charge is 0.126 e. The van der Waals surface area contributed by atoms with Gasteiger partial charge in [0.2, 0.25) is 0 Å². The number of hydrogen-bond acceptors (Lipinski definition) is 3. The van der Waals surface area contributed by atoms with E-state index in [1.165, 1.54) is 0 Å². The number of unbranched alkanes of at least 4 members (excludes halogenated alkanes) is 2. The van der Waals surface area contributed by atoms with Gasteiger partial charge in [-0.2, -0.15) is 0 Å². The molecule has 0 fully saturated rings. The van der Waals surface area contributed by atoms with Crippen molar-refractivity contribution in [3.05, 3.63) is 65.7 Å². The standard InChI is InChI=1S/C22H26O3/c1-3-18-7-9-19(10-8-18)11-12-20-17-21(13-14-22(20)24-2)25-16-6-4-5-15-23/h3,7-14,17,23H,1,4-6,15-16H2,2H3/b12-11+. The van der Waals surface area contributed by atoms with E-state index in [-0.39, 0.29) is 6.61 Å². The van der Waals surface area contributed by atoms with Crippen molar-refractivity contribution in [3.8, 4) is 11.5 Å². The average molecular weight is 338 g/mol. The van der Waals surface area contributed by atoms with Crippen molar-refractivity contribution < 1.29 is 14.6 Å². The molecular weight excluding hydrogens is 312 g/mol. The molecule has 0 amide bonds. The van der Waals surface area contributed by atoms with Gasteiger partial charge in [0, 0.05) is 12.2 Å². The number of rotatable bonds is 10. The first-order valence-corrected chi connectivity index (χ1v) is 8.59. The lowest BCUT2D eigenvalue weighted by Crippen LogP contribution is -1.98. The minimum Gasteiger partial charge on any atom is -0.496 e. The van der Waals surface area contributed by atoms with E-state index in [1.807, 2.05) is 42.5 Å². The minimum atomic E-state index is 0.241. The maximum atomic E-state index is 8.79. The molecule has 0 saturated carbocycles. The number of benzene rings is 2. The van der Waals surface area contributed by atoms with E-state index in [0.29, 0.717) is 6.61 Å². The molecular formula is C22H26O3. The molecule has 25 heavy (non-hydrogen) atoms. The number of aliphatic hydroxyl groups is 1.